The first kappa shape index (κ1) is 15.7. The van der Waals surface area contributed by atoms with Crippen molar-refractivity contribution < 1.29 is 4.74 Å². The lowest BCUT2D eigenvalue weighted by atomic mass is 10.0. The summed E-state index contributed by atoms with van der Waals surface area (Å²) in [5, 5.41) is 4.11. The summed E-state index contributed by atoms with van der Waals surface area (Å²) in [6.07, 6.45) is 3.74. The Morgan fingerprint density at radius 3 is 2.56 bits per heavy atom. The number of aromatic nitrogens is 2. The molecule has 5 nitrogen and oxygen atoms in total. The number of benzene rings is 1. The van der Waals surface area contributed by atoms with E-state index in [9.17, 15) is 0 Å². The second-order valence-electron chi connectivity index (χ2n) is 5.82. The van der Waals surface area contributed by atoms with Crippen molar-refractivity contribution in [2.75, 3.05) is 12.0 Å². The summed E-state index contributed by atoms with van der Waals surface area (Å²) in [5.74, 6) is 0.819. The predicted molar refractivity (Wildman–Crippen MR) is 102 cm³/mol. The van der Waals surface area contributed by atoms with Crippen molar-refractivity contribution in [3.05, 3.63) is 78.4 Å². The molecule has 0 radical (unpaired) electrons. The number of pyridine rings is 1. The standard InChI is InChI=1S/C19H18N4OS/c1-24-14-9-7-13(8-10-14)23-18(16-6-4-12-21-16)17(22-19(23)25)15-5-2-3-11-20-15/h2-12,17-18,21H,1H3,(H,22,25)/t17-,18+/m0/s1. The molecule has 1 saturated heterocycles. The van der Waals surface area contributed by atoms with Gasteiger partial charge in [-0.25, -0.2) is 0 Å². The van der Waals surface area contributed by atoms with Crippen LogP contribution in [0.3, 0.4) is 0 Å². The molecule has 0 unspecified atom stereocenters. The Bertz CT molecular complexity index is 849. The average Bonchev–Trinajstić information content (AvgIpc) is 3.30. The van der Waals surface area contributed by atoms with E-state index in [1.807, 2.05) is 60.9 Å². The first-order valence-electron chi connectivity index (χ1n) is 8.06. The lowest BCUT2D eigenvalue weighted by Crippen LogP contribution is -2.29. The predicted octanol–water partition coefficient (Wildman–Crippen LogP) is 3.60. The molecule has 1 fully saturated rings. The van der Waals surface area contributed by atoms with Crippen LogP contribution in [0.25, 0.3) is 0 Å². The van der Waals surface area contributed by atoms with Gasteiger partial charge in [0.05, 0.1) is 18.8 Å². The topological polar surface area (TPSA) is 53.2 Å². The van der Waals surface area contributed by atoms with Crippen molar-refractivity contribution >= 4 is 23.0 Å². The minimum absolute atomic E-state index is 0.00852. The van der Waals surface area contributed by atoms with Crippen LogP contribution in [0.1, 0.15) is 23.5 Å². The molecule has 2 N–H and O–H groups in total. The number of hydrogen-bond acceptors (Lipinski definition) is 3. The molecule has 25 heavy (non-hydrogen) atoms. The highest BCUT2D eigenvalue weighted by molar-refractivity contribution is 7.80. The number of thiocarbonyl (C=S) groups is 1. The van der Waals surface area contributed by atoms with Crippen molar-refractivity contribution in [3.8, 4) is 5.75 Å². The molecule has 0 bridgehead atoms. The summed E-state index contributed by atoms with van der Waals surface area (Å²) >= 11 is 5.65. The van der Waals surface area contributed by atoms with Crippen molar-refractivity contribution in [1.82, 2.24) is 15.3 Å². The summed E-state index contributed by atoms with van der Waals surface area (Å²) in [5.41, 5.74) is 3.05. The van der Waals surface area contributed by atoms with E-state index in [1.165, 1.54) is 0 Å². The fourth-order valence-corrected chi connectivity index (χ4v) is 3.57. The van der Waals surface area contributed by atoms with Crippen molar-refractivity contribution in [1.29, 1.82) is 0 Å². The number of aromatic amines is 1. The maximum absolute atomic E-state index is 5.65. The van der Waals surface area contributed by atoms with Gasteiger partial charge in [-0.05, 0) is 60.7 Å². The molecule has 6 heteroatoms. The number of anilines is 1. The number of nitrogens with one attached hydrogen (secondary N) is 2. The average molecular weight is 350 g/mol. The maximum Gasteiger partial charge on any atom is 0.174 e. The highest BCUT2D eigenvalue weighted by Crippen LogP contribution is 2.40. The van der Waals surface area contributed by atoms with Crippen LogP contribution in [0.15, 0.2) is 67.0 Å². The van der Waals surface area contributed by atoms with Crippen LogP contribution in [-0.2, 0) is 0 Å². The van der Waals surface area contributed by atoms with E-state index in [4.69, 9.17) is 17.0 Å². The monoisotopic (exact) mass is 350 g/mol. The first-order chi connectivity index (χ1) is 12.3. The van der Waals surface area contributed by atoms with Gasteiger partial charge in [-0.2, -0.15) is 0 Å². The van der Waals surface area contributed by atoms with Gasteiger partial charge in [-0.1, -0.05) is 6.07 Å². The van der Waals surface area contributed by atoms with Crippen molar-refractivity contribution in [2.45, 2.75) is 12.1 Å². The minimum Gasteiger partial charge on any atom is -0.497 e. The van der Waals surface area contributed by atoms with Gasteiger partial charge in [0.15, 0.2) is 5.11 Å². The highest BCUT2D eigenvalue weighted by Gasteiger charge is 2.41. The molecule has 1 aliphatic rings. The Morgan fingerprint density at radius 1 is 1.08 bits per heavy atom. The summed E-state index contributed by atoms with van der Waals surface area (Å²) < 4.78 is 5.27. The molecule has 1 aliphatic heterocycles. The number of ether oxygens (including phenoxy) is 1. The quantitative estimate of drug-likeness (QED) is 0.704. The molecule has 1 aromatic carbocycles. The Balaban J connectivity index is 1.77. The third-order valence-corrected chi connectivity index (χ3v) is 4.70. The molecule has 0 spiro atoms. The van der Waals surface area contributed by atoms with Gasteiger partial charge in [0.1, 0.15) is 11.8 Å². The van der Waals surface area contributed by atoms with Crippen LogP contribution in [0.4, 0.5) is 5.69 Å². The van der Waals surface area contributed by atoms with Gasteiger partial charge in [0.25, 0.3) is 0 Å². The van der Waals surface area contributed by atoms with Gasteiger partial charge < -0.3 is 19.9 Å². The molecule has 0 saturated carbocycles. The minimum atomic E-state index is -0.0329. The molecule has 0 amide bonds. The van der Waals surface area contributed by atoms with Crippen LogP contribution in [0.2, 0.25) is 0 Å². The fraction of sp³-hybridized carbons (Fsp3) is 0.158. The summed E-state index contributed by atoms with van der Waals surface area (Å²) in [6.45, 7) is 0. The number of methoxy groups -OCH3 is 1. The summed E-state index contributed by atoms with van der Waals surface area (Å²) in [4.78, 5) is 9.98. The molecular weight excluding hydrogens is 332 g/mol. The van der Waals surface area contributed by atoms with E-state index in [1.54, 1.807) is 7.11 Å². The highest BCUT2D eigenvalue weighted by atomic mass is 32.1. The van der Waals surface area contributed by atoms with Crippen LogP contribution >= 0.6 is 12.2 Å². The van der Waals surface area contributed by atoms with E-state index in [2.05, 4.69) is 26.3 Å². The zero-order valence-corrected chi connectivity index (χ0v) is 14.5. The van der Waals surface area contributed by atoms with Crippen molar-refractivity contribution in [2.24, 2.45) is 0 Å². The van der Waals surface area contributed by atoms with Gasteiger partial charge in [0.2, 0.25) is 0 Å². The lowest BCUT2D eigenvalue weighted by molar-refractivity contribution is 0.415. The Morgan fingerprint density at radius 2 is 1.92 bits per heavy atom. The number of rotatable bonds is 4. The second kappa shape index (κ2) is 6.57. The Labute approximate surface area is 151 Å². The summed E-state index contributed by atoms with van der Waals surface area (Å²) in [7, 11) is 1.66. The Kier molecular flexibility index (Phi) is 4.11. The van der Waals surface area contributed by atoms with Crippen LogP contribution in [0.5, 0.6) is 5.75 Å². The van der Waals surface area contributed by atoms with E-state index < -0.39 is 0 Å². The molecule has 3 heterocycles. The molecule has 4 rings (SSSR count). The lowest BCUT2D eigenvalue weighted by Gasteiger charge is -2.27. The summed E-state index contributed by atoms with van der Waals surface area (Å²) in [6, 6.07) is 17.9. The molecule has 126 valence electrons. The number of nitrogens with zero attached hydrogens (tertiary/aromatic N) is 2. The second-order valence-corrected chi connectivity index (χ2v) is 6.21. The van der Waals surface area contributed by atoms with E-state index in [-0.39, 0.29) is 12.1 Å². The van der Waals surface area contributed by atoms with Gasteiger partial charge >= 0.3 is 0 Å². The van der Waals surface area contributed by atoms with Crippen LogP contribution in [-0.4, -0.2) is 22.2 Å². The van der Waals surface area contributed by atoms with Gasteiger partial charge in [0, 0.05) is 23.8 Å². The van der Waals surface area contributed by atoms with E-state index >= 15 is 0 Å². The first-order valence-corrected chi connectivity index (χ1v) is 8.47. The molecule has 2 aromatic heterocycles. The molecule has 3 aromatic rings. The third-order valence-electron chi connectivity index (χ3n) is 4.39. The SMILES string of the molecule is COc1ccc(N2C(=S)N[C@@H](c3ccccn3)[C@H]2c2ccc[nH]2)cc1. The van der Waals surface area contributed by atoms with Gasteiger partial charge in [-0.15, -0.1) is 0 Å². The molecule has 2 atom stereocenters. The van der Waals surface area contributed by atoms with Gasteiger partial charge in [-0.3, -0.25) is 4.98 Å². The number of hydrogen-bond donors (Lipinski definition) is 2. The number of H-pyrrole nitrogens is 1. The van der Waals surface area contributed by atoms with Crippen LogP contribution < -0.4 is 15.0 Å². The third kappa shape index (κ3) is 2.85. The Hall–Kier alpha value is -2.86. The molecular formula is C19H18N4OS. The van der Waals surface area contributed by atoms with E-state index in [0.29, 0.717) is 5.11 Å². The fourth-order valence-electron chi connectivity index (χ4n) is 3.22. The normalized spacial score (nSPS) is 19.7. The van der Waals surface area contributed by atoms with Crippen molar-refractivity contribution in [3.63, 3.8) is 0 Å². The van der Waals surface area contributed by atoms with E-state index in [0.717, 1.165) is 22.8 Å². The zero-order chi connectivity index (χ0) is 17.2. The maximum atomic E-state index is 5.65. The molecule has 0 aliphatic carbocycles. The smallest absolute Gasteiger partial charge is 0.174 e. The van der Waals surface area contributed by atoms with Crippen LogP contribution in [0, 0.1) is 0 Å². The largest absolute Gasteiger partial charge is 0.497 e. The zero-order valence-electron chi connectivity index (χ0n) is 13.7.